The van der Waals surface area contributed by atoms with Crippen molar-refractivity contribution in [1.29, 1.82) is 0 Å². The number of hydrogen-bond acceptors (Lipinski definition) is 5. The standard InChI is InChI=1S/C15H14N2O5/c1-22-14-5-3-2-4-11(14)9-16-15(19)10-6-7-12(17(20)21)13(18)8-10/h2-8,18H,9H2,1H3,(H,16,19). The summed E-state index contributed by atoms with van der Waals surface area (Å²) in [6, 6.07) is 10.7. The van der Waals surface area contributed by atoms with Gasteiger partial charge in [0.1, 0.15) is 5.75 Å². The van der Waals surface area contributed by atoms with Crippen molar-refractivity contribution in [1.82, 2.24) is 5.32 Å². The first kappa shape index (κ1) is 15.3. The molecular weight excluding hydrogens is 288 g/mol. The molecule has 0 aliphatic heterocycles. The number of carbonyl (C=O) groups excluding carboxylic acids is 1. The lowest BCUT2D eigenvalue weighted by Crippen LogP contribution is -2.23. The van der Waals surface area contributed by atoms with Crippen LogP contribution in [0.3, 0.4) is 0 Å². The van der Waals surface area contributed by atoms with Crippen LogP contribution in [-0.4, -0.2) is 23.0 Å². The van der Waals surface area contributed by atoms with E-state index >= 15 is 0 Å². The maximum Gasteiger partial charge on any atom is 0.310 e. The third kappa shape index (κ3) is 3.32. The van der Waals surface area contributed by atoms with Gasteiger partial charge in [-0.15, -0.1) is 0 Å². The highest BCUT2D eigenvalue weighted by atomic mass is 16.6. The van der Waals surface area contributed by atoms with Crippen molar-refractivity contribution in [3.63, 3.8) is 0 Å². The van der Waals surface area contributed by atoms with Crippen LogP contribution in [0.1, 0.15) is 15.9 Å². The second-order valence-corrected chi connectivity index (χ2v) is 4.46. The molecule has 2 N–H and O–H groups in total. The number of phenols is 1. The normalized spacial score (nSPS) is 10.0. The van der Waals surface area contributed by atoms with E-state index in [0.717, 1.165) is 17.7 Å². The number of benzene rings is 2. The van der Waals surface area contributed by atoms with Gasteiger partial charge in [0, 0.05) is 23.7 Å². The van der Waals surface area contributed by atoms with E-state index in [0.29, 0.717) is 5.75 Å². The molecule has 0 aliphatic carbocycles. The Bertz CT molecular complexity index is 715. The second kappa shape index (κ2) is 6.57. The third-order valence-corrected chi connectivity index (χ3v) is 3.07. The molecule has 22 heavy (non-hydrogen) atoms. The zero-order valence-electron chi connectivity index (χ0n) is 11.8. The SMILES string of the molecule is COc1ccccc1CNC(=O)c1ccc([N+](=O)[O-])c(O)c1. The Hall–Kier alpha value is -3.09. The molecule has 7 heteroatoms. The first-order valence-corrected chi connectivity index (χ1v) is 6.40. The molecule has 0 aliphatic rings. The van der Waals surface area contributed by atoms with Gasteiger partial charge >= 0.3 is 5.69 Å². The molecule has 2 aromatic rings. The molecule has 114 valence electrons. The highest BCUT2D eigenvalue weighted by Gasteiger charge is 2.16. The van der Waals surface area contributed by atoms with Crippen LogP contribution in [0.25, 0.3) is 0 Å². The maximum atomic E-state index is 12.0. The molecule has 0 heterocycles. The number of rotatable bonds is 5. The lowest BCUT2D eigenvalue weighted by molar-refractivity contribution is -0.385. The highest BCUT2D eigenvalue weighted by molar-refractivity contribution is 5.95. The minimum atomic E-state index is -0.716. The Morgan fingerprint density at radius 2 is 2.05 bits per heavy atom. The monoisotopic (exact) mass is 302 g/mol. The number of nitrogens with zero attached hydrogens (tertiary/aromatic N) is 1. The van der Waals surface area contributed by atoms with Gasteiger partial charge < -0.3 is 15.2 Å². The summed E-state index contributed by atoms with van der Waals surface area (Å²) in [5.74, 6) is -0.347. The van der Waals surface area contributed by atoms with E-state index in [2.05, 4.69) is 5.32 Å². The zero-order chi connectivity index (χ0) is 16.1. The Kier molecular flexibility index (Phi) is 4.57. The van der Waals surface area contributed by atoms with Gasteiger partial charge in [0.05, 0.1) is 12.0 Å². The summed E-state index contributed by atoms with van der Waals surface area (Å²) in [6.07, 6.45) is 0. The fraction of sp³-hybridized carbons (Fsp3) is 0.133. The predicted molar refractivity (Wildman–Crippen MR) is 78.9 cm³/mol. The van der Waals surface area contributed by atoms with Crippen molar-refractivity contribution < 1.29 is 19.6 Å². The van der Waals surface area contributed by atoms with E-state index in [4.69, 9.17) is 4.74 Å². The number of nitro groups is 1. The summed E-state index contributed by atoms with van der Waals surface area (Å²) in [4.78, 5) is 21.9. The first-order valence-electron chi connectivity index (χ1n) is 6.40. The lowest BCUT2D eigenvalue weighted by Gasteiger charge is -2.09. The number of ether oxygens (including phenoxy) is 1. The molecular formula is C15H14N2O5. The lowest BCUT2D eigenvalue weighted by atomic mass is 10.1. The summed E-state index contributed by atoms with van der Waals surface area (Å²) >= 11 is 0. The summed E-state index contributed by atoms with van der Waals surface area (Å²) in [7, 11) is 1.54. The van der Waals surface area contributed by atoms with Gasteiger partial charge in [-0.05, 0) is 18.2 Å². The predicted octanol–water partition coefficient (Wildman–Crippen LogP) is 2.24. The van der Waals surface area contributed by atoms with Crippen molar-refractivity contribution in [2.24, 2.45) is 0 Å². The van der Waals surface area contributed by atoms with E-state index in [-0.39, 0.29) is 12.1 Å². The third-order valence-electron chi connectivity index (χ3n) is 3.07. The number of para-hydroxylation sites is 1. The smallest absolute Gasteiger partial charge is 0.310 e. The number of carbonyl (C=O) groups is 1. The average molecular weight is 302 g/mol. The largest absolute Gasteiger partial charge is 0.502 e. The summed E-state index contributed by atoms with van der Waals surface area (Å²) < 4.78 is 5.18. The molecule has 0 bridgehead atoms. The summed E-state index contributed by atoms with van der Waals surface area (Å²) in [5.41, 5.74) is 0.490. The van der Waals surface area contributed by atoms with Crippen LogP contribution < -0.4 is 10.1 Å². The molecule has 1 amide bonds. The van der Waals surface area contributed by atoms with Crippen LogP contribution in [0, 0.1) is 10.1 Å². The topological polar surface area (TPSA) is 102 Å². The Morgan fingerprint density at radius 1 is 1.32 bits per heavy atom. The van der Waals surface area contributed by atoms with Gasteiger partial charge in [0.15, 0.2) is 5.75 Å². The molecule has 0 aromatic heterocycles. The summed E-state index contributed by atoms with van der Waals surface area (Å²) in [6.45, 7) is 0.237. The van der Waals surface area contributed by atoms with E-state index in [1.165, 1.54) is 13.2 Å². The van der Waals surface area contributed by atoms with Crippen LogP contribution in [0.15, 0.2) is 42.5 Å². The number of hydrogen-bond donors (Lipinski definition) is 2. The Balaban J connectivity index is 2.09. The van der Waals surface area contributed by atoms with Gasteiger partial charge in [-0.3, -0.25) is 14.9 Å². The number of amides is 1. The minimum Gasteiger partial charge on any atom is -0.502 e. The van der Waals surface area contributed by atoms with Crippen LogP contribution in [0.2, 0.25) is 0 Å². The van der Waals surface area contributed by atoms with E-state index in [1.807, 2.05) is 18.2 Å². The number of phenolic OH excluding ortho intramolecular Hbond substituents is 1. The number of aromatic hydroxyl groups is 1. The minimum absolute atomic E-state index is 0.137. The van der Waals surface area contributed by atoms with Crippen LogP contribution >= 0.6 is 0 Å². The molecule has 0 radical (unpaired) electrons. The van der Waals surface area contributed by atoms with Crippen molar-refractivity contribution in [2.45, 2.75) is 6.54 Å². The van der Waals surface area contributed by atoms with E-state index < -0.39 is 22.3 Å². The fourth-order valence-electron chi connectivity index (χ4n) is 1.95. The molecule has 2 rings (SSSR count). The van der Waals surface area contributed by atoms with Crippen molar-refractivity contribution in [3.05, 3.63) is 63.7 Å². The molecule has 0 fully saturated rings. The van der Waals surface area contributed by atoms with Gasteiger partial charge in [0.2, 0.25) is 0 Å². The van der Waals surface area contributed by atoms with Crippen molar-refractivity contribution >= 4 is 11.6 Å². The second-order valence-electron chi connectivity index (χ2n) is 4.46. The van der Waals surface area contributed by atoms with Crippen LogP contribution in [0.5, 0.6) is 11.5 Å². The van der Waals surface area contributed by atoms with Gasteiger partial charge in [-0.25, -0.2) is 0 Å². The molecule has 2 aromatic carbocycles. The summed E-state index contributed by atoms with van der Waals surface area (Å²) in [5, 5.41) is 22.8. The van der Waals surface area contributed by atoms with Crippen molar-refractivity contribution in [3.8, 4) is 11.5 Å². The molecule has 0 atom stereocenters. The van der Waals surface area contributed by atoms with Gasteiger partial charge in [-0.1, -0.05) is 18.2 Å². The van der Waals surface area contributed by atoms with E-state index in [9.17, 15) is 20.0 Å². The number of nitrogens with one attached hydrogen (secondary N) is 1. The zero-order valence-corrected chi connectivity index (χ0v) is 11.8. The molecule has 7 nitrogen and oxygen atoms in total. The van der Waals surface area contributed by atoms with Gasteiger partial charge in [0.25, 0.3) is 5.91 Å². The van der Waals surface area contributed by atoms with Crippen LogP contribution in [0.4, 0.5) is 5.69 Å². The quantitative estimate of drug-likeness (QED) is 0.651. The Morgan fingerprint density at radius 3 is 2.68 bits per heavy atom. The molecule has 0 spiro atoms. The fourth-order valence-corrected chi connectivity index (χ4v) is 1.95. The number of methoxy groups -OCH3 is 1. The van der Waals surface area contributed by atoms with Crippen LogP contribution in [-0.2, 0) is 6.54 Å². The average Bonchev–Trinajstić information content (AvgIpc) is 2.52. The van der Waals surface area contributed by atoms with E-state index in [1.54, 1.807) is 6.07 Å². The Labute approximate surface area is 126 Å². The molecule has 0 unspecified atom stereocenters. The molecule has 0 saturated carbocycles. The van der Waals surface area contributed by atoms with Gasteiger partial charge in [-0.2, -0.15) is 0 Å². The maximum absolute atomic E-state index is 12.0. The molecule has 0 saturated heterocycles. The highest BCUT2D eigenvalue weighted by Crippen LogP contribution is 2.26. The van der Waals surface area contributed by atoms with Crippen molar-refractivity contribution in [2.75, 3.05) is 7.11 Å². The first-order chi connectivity index (χ1) is 10.5. The number of nitro benzene ring substituents is 1.